The molecule has 0 aromatic heterocycles. The van der Waals surface area contributed by atoms with Gasteiger partial charge in [0.2, 0.25) is 11.8 Å². The molecule has 0 radical (unpaired) electrons. The summed E-state index contributed by atoms with van der Waals surface area (Å²) < 4.78 is 13.7. The monoisotopic (exact) mass is 397 g/mol. The lowest BCUT2D eigenvalue weighted by Gasteiger charge is -2.16. The lowest BCUT2D eigenvalue weighted by Crippen LogP contribution is -2.27. The van der Waals surface area contributed by atoms with Crippen molar-refractivity contribution in [2.45, 2.75) is 38.6 Å². The van der Waals surface area contributed by atoms with E-state index in [0.29, 0.717) is 23.6 Å². The topological polar surface area (TPSA) is 70.2 Å². The van der Waals surface area contributed by atoms with Crippen LogP contribution in [0.5, 0.6) is 0 Å². The number of carbonyl (C=O) groups excluding carboxylic acids is 2. The highest BCUT2D eigenvalue weighted by molar-refractivity contribution is 5.92. The van der Waals surface area contributed by atoms with Gasteiger partial charge in [-0.2, -0.15) is 0 Å². The fourth-order valence-electron chi connectivity index (χ4n) is 3.60. The van der Waals surface area contributed by atoms with Crippen LogP contribution in [0.15, 0.2) is 48.5 Å². The molecular weight excluding hydrogens is 369 g/mol. The van der Waals surface area contributed by atoms with Crippen molar-refractivity contribution in [3.63, 3.8) is 0 Å². The SMILES string of the molecule is CC(NC(=O)CCC1CCNC1)c1cccc(NC(=O)Cc2ccccc2F)c1. The van der Waals surface area contributed by atoms with Crippen LogP contribution in [0.4, 0.5) is 10.1 Å². The molecule has 1 aliphatic heterocycles. The van der Waals surface area contributed by atoms with Crippen molar-refractivity contribution < 1.29 is 14.0 Å². The number of rotatable bonds is 8. The second-order valence-electron chi connectivity index (χ2n) is 7.63. The smallest absolute Gasteiger partial charge is 0.228 e. The van der Waals surface area contributed by atoms with E-state index < -0.39 is 0 Å². The number of anilines is 1. The fourth-order valence-corrected chi connectivity index (χ4v) is 3.60. The molecule has 0 spiro atoms. The van der Waals surface area contributed by atoms with Crippen LogP contribution >= 0.6 is 0 Å². The Morgan fingerprint density at radius 1 is 1.17 bits per heavy atom. The predicted molar refractivity (Wildman–Crippen MR) is 112 cm³/mol. The summed E-state index contributed by atoms with van der Waals surface area (Å²) in [5, 5.41) is 9.15. The molecule has 6 heteroatoms. The highest BCUT2D eigenvalue weighted by Crippen LogP contribution is 2.19. The zero-order valence-corrected chi connectivity index (χ0v) is 16.7. The molecule has 2 aromatic carbocycles. The van der Waals surface area contributed by atoms with E-state index in [0.717, 1.165) is 31.5 Å². The molecule has 1 aliphatic rings. The molecule has 2 aromatic rings. The van der Waals surface area contributed by atoms with E-state index in [9.17, 15) is 14.0 Å². The molecule has 3 rings (SSSR count). The third-order valence-electron chi connectivity index (χ3n) is 5.30. The van der Waals surface area contributed by atoms with E-state index in [1.54, 1.807) is 24.3 Å². The minimum Gasteiger partial charge on any atom is -0.350 e. The number of halogens is 1. The molecule has 29 heavy (non-hydrogen) atoms. The van der Waals surface area contributed by atoms with Crippen molar-refractivity contribution in [1.82, 2.24) is 10.6 Å². The molecule has 1 heterocycles. The summed E-state index contributed by atoms with van der Waals surface area (Å²) in [5.41, 5.74) is 1.89. The minimum atomic E-state index is -0.388. The maximum absolute atomic E-state index is 13.7. The predicted octanol–water partition coefficient (Wildman–Crippen LogP) is 3.57. The van der Waals surface area contributed by atoms with Gasteiger partial charge in [0.05, 0.1) is 12.5 Å². The summed E-state index contributed by atoms with van der Waals surface area (Å²) in [5.74, 6) is -0.0438. The van der Waals surface area contributed by atoms with Gasteiger partial charge in [-0.1, -0.05) is 30.3 Å². The van der Waals surface area contributed by atoms with Gasteiger partial charge in [-0.3, -0.25) is 9.59 Å². The first kappa shape index (κ1) is 21.0. The fraction of sp³-hybridized carbons (Fsp3) is 0.391. The molecular formula is C23H28FN3O2. The Balaban J connectivity index is 1.51. The third kappa shape index (κ3) is 6.39. The maximum Gasteiger partial charge on any atom is 0.228 e. The first-order valence-electron chi connectivity index (χ1n) is 10.1. The lowest BCUT2D eigenvalue weighted by atomic mass is 10.0. The van der Waals surface area contributed by atoms with E-state index in [1.165, 1.54) is 6.07 Å². The van der Waals surface area contributed by atoms with Crippen molar-refractivity contribution in [1.29, 1.82) is 0 Å². The normalized spacial score (nSPS) is 17.0. The van der Waals surface area contributed by atoms with E-state index in [1.807, 2.05) is 25.1 Å². The van der Waals surface area contributed by atoms with Crippen LogP contribution in [0.3, 0.4) is 0 Å². The van der Waals surface area contributed by atoms with Crippen LogP contribution in [0, 0.1) is 11.7 Å². The van der Waals surface area contributed by atoms with Crippen LogP contribution in [0.2, 0.25) is 0 Å². The molecule has 1 saturated heterocycles. The summed E-state index contributed by atoms with van der Waals surface area (Å²) in [6.07, 6.45) is 2.53. The van der Waals surface area contributed by atoms with Gasteiger partial charge in [-0.05, 0) is 68.1 Å². The summed E-state index contributed by atoms with van der Waals surface area (Å²) >= 11 is 0. The van der Waals surface area contributed by atoms with E-state index in [-0.39, 0.29) is 30.1 Å². The van der Waals surface area contributed by atoms with Gasteiger partial charge in [0.15, 0.2) is 0 Å². The number of carbonyl (C=O) groups is 2. The number of nitrogens with one attached hydrogen (secondary N) is 3. The summed E-state index contributed by atoms with van der Waals surface area (Å²) in [6.45, 7) is 3.96. The van der Waals surface area contributed by atoms with E-state index in [4.69, 9.17) is 0 Å². The maximum atomic E-state index is 13.7. The van der Waals surface area contributed by atoms with Crippen LogP contribution in [0.1, 0.15) is 43.4 Å². The van der Waals surface area contributed by atoms with Gasteiger partial charge in [0, 0.05) is 12.1 Å². The van der Waals surface area contributed by atoms with Crippen molar-refractivity contribution >= 4 is 17.5 Å². The summed E-state index contributed by atoms with van der Waals surface area (Å²) in [4.78, 5) is 24.5. The third-order valence-corrected chi connectivity index (χ3v) is 5.30. The number of amides is 2. The number of hydrogen-bond acceptors (Lipinski definition) is 3. The first-order chi connectivity index (χ1) is 14.0. The molecule has 3 N–H and O–H groups in total. The molecule has 2 unspecified atom stereocenters. The van der Waals surface area contributed by atoms with Crippen LogP contribution in [0.25, 0.3) is 0 Å². The average Bonchev–Trinajstić information content (AvgIpc) is 3.22. The second-order valence-corrected chi connectivity index (χ2v) is 7.63. The standard InChI is InChI=1S/C23H28FN3O2/c1-16(26-22(28)10-9-17-11-12-25-15-17)18-6-4-7-20(13-18)27-23(29)14-19-5-2-3-8-21(19)24/h2-8,13,16-17,25H,9-12,14-15H2,1H3,(H,26,28)(H,27,29). The molecule has 2 amide bonds. The Kier molecular flexibility index (Phi) is 7.36. The van der Waals surface area contributed by atoms with Gasteiger partial charge in [-0.15, -0.1) is 0 Å². The molecule has 2 atom stereocenters. The average molecular weight is 397 g/mol. The first-order valence-corrected chi connectivity index (χ1v) is 10.1. The summed E-state index contributed by atoms with van der Waals surface area (Å²) in [7, 11) is 0. The van der Waals surface area contributed by atoms with Crippen LogP contribution in [-0.2, 0) is 16.0 Å². The van der Waals surface area contributed by atoms with Gasteiger partial charge in [-0.25, -0.2) is 4.39 Å². The Morgan fingerprint density at radius 2 is 2.00 bits per heavy atom. The zero-order chi connectivity index (χ0) is 20.6. The molecule has 1 fully saturated rings. The largest absolute Gasteiger partial charge is 0.350 e. The quantitative estimate of drug-likeness (QED) is 0.638. The second kappa shape index (κ2) is 10.2. The van der Waals surface area contributed by atoms with Crippen LogP contribution in [-0.4, -0.2) is 24.9 Å². The van der Waals surface area contributed by atoms with Crippen molar-refractivity contribution in [2.24, 2.45) is 5.92 Å². The highest BCUT2D eigenvalue weighted by atomic mass is 19.1. The molecule has 0 bridgehead atoms. The highest BCUT2D eigenvalue weighted by Gasteiger charge is 2.17. The van der Waals surface area contributed by atoms with Gasteiger partial charge in [0.1, 0.15) is 5.82 Å². The van der Waals surface area contributed by atoms with E-state index in [2.05, 4.69) is 16.0 Å². The van der Waals surface area contributed by atoms with Crippen molar-refractivity contribution in [2.75, 3.05) is 18.4 Å². The Bertz CT molecular complexity index is 850. The zero-order valence-electron chi connectivity index (χ0n) is 16.7. The Morgan fingerprint density at radius 3 is 2.76 bits per heavy atom. The Labute approximate surface area is 171 Å². The molecule has 0 saturated carbocycles. The molecule has 0 aliphatic carbocycles. The molecule has 5 nitrogen and oxygen atoms in total. The minimum absolute atomic E-state index is 0.0286. The lowest BCUT2D eigenvalue weighted by molar-refractivity contribution is -0.122. The van der Waals surface area contributed by atoms with E-state index >= 15 is 0 Å². The number of benzene rings is 2. The van der Waals surface area contributed by atoms with Gasteiger partial charge >= 0.3 is 0 Å². The van der Waals surface area contributed by atoms with Gasteiger partial charge in [0.25, 0.3) is 0 Å². The Hall–Kier alpha value is -2.73. The number of hydrogen-bond donors (Lipinski definition) is 3. The molecule has 154 valence electrons. The van der Waals surface area contributed by atoms with Gasteiger partial charge < -0.3 is 16.0 Å². The van der Waals surface area contributed by atoms with Crippen molar-refractivity contribution in [3.8, 4) is 0 Å². The summed E-state index contributed by atoms with van der Waals surface area (Å²) in [6, 6.07) is 13.5. The van der Waals surface area contributed by atoms with Crippen LogP contribution < -0.4 is 16.0 Å². The van der Waals surface area contributed by atoms with Crippen molar-refractivity contribution in [3.05, 3.63) is 65.5 Å².